The number of alkyl halides is 3. The Hall–Kier alpha value is -3.60. The second kappa shape index (κ2) is 8.87. The summed E-state index contributed by atoms with van der Waals surface area (Å²) in [6.45, 7) is 2.18. The van der Waals surface area contributed by atoms with E-state index < -0.39 is 23.6 Å². The molecule has 0 unspecified atom stereocenters. The Bertz CT molecular complexity index is 1190. The Morgan fingerprint density at radius 3 is 2.53 bits per heavy atom. The summed E-state index contributed by atoms with van der Waals surface area (Å²) in [7, 11) is 0. The van der Waals surface area contributed by atoms with Crippen molar-refractivity contribution in [2.45, 2.75) is 12.8 Å². The van der Waals surface area contributed by atoms with Crippen molar-refractivity contribution >= 4 is 22.5 Å². The van der Waals surface area contributed by atoms with Crippen molar-refractivity contribution in [1.29, 1.82) is 0 Å². The van der Waals surface area contributed by atoms with Crippen LogP contribution in [0.25, 0.3) is 10.8 Å². The Labute approximate surface area is 180 Å². The van der Waals surface area contributed by atoms with Crippen LogP contribution in [0.1, 0.15) is 5.56 Å². The van der Waals surface area contributed by atoms with Gasteiger partial charge in [0.2, 0.25) is 5.91 Å². The van der Waals surface area contributed by atoms with Gasteiger partial charge < -0.3 is 14.4 Å². The standard InChI is InChI=1S/C21H19F3N4O4/c22-21(23,24)32-15-5-3-4-14(12-15)13-18(29)25-28-20(30)17-7-2-1-6-16(17)19(26-28)27-8-10-31-11-9-27/h1-7,12H,8-11,13H2,(H,25,29). The molecule has 32 heavy (non-hydrogen) atoms. The van der Waals surface area contributed by atoms with Gasteiger partial charge in [0, 0.05) is 18.5 Å². The molecular formula is C21H19F3N4O4. The van der Waals surface area contributed by atoms with Gasteiger partial charge in [-0.3, -0.25) is 9.59 Å². The van der Waals surface area contributed by atoms with Gasteiger partial charge in [0.05, 0.1) is 25.0 Å². The Balaban J connectivity index is 1.59. The van der Waals surface area contributed by atoms with Crippen LogP contribution >= 0.6 is 0 Å². The minimum atomic E-state index is -4.83. The number of nitrogens with one attached hydrogen (secondary N) is 1. The summed E-state index contributed by atoms with van der Waals surface area (Å²) >= 11 is 0. The molecule has 1 N–H and O–H groups in total. The van der Waals surface area contributed by atoms with Gasteiger partial charge in [0.25, 0.3) is 5.56 Å². The number of benzene rings is 2. The van der Waals surface area contributed by atoms with Crippen molar-refractivity contribution < 1.29 is 27.4 Å². The number of fused-ring (bicyclic) bond motifs is 1. The summed E-state index contributed by atoms with van der Waals surface area (Å²) in [4.78, 5) is 28.2. The van der Waals surface area contributed by atoms with Crippen molar-refractivity contribution in [3.8, 4) is 5.75 Å². The van der Waals surface area contributed by atoms with E-state index in [1.54, 1.807) is 24.3 Å². The van der Waals surface area contributed by atoms with Crippen molar-refractivity contribution in [1.82, 2.24) is 9.89 Å². The van der Waals surface area contributed by atoms with Gasteiger partial charge in [0.1, 0.15) is 5.75 Å². The Morgan fingerprint density at radius 1 is 1.09 bits per heavy atom. The van der Waals surface area contributed by atoms with Crippen LogP contribution in [0.3, 0.4) is 0 Å². The van der Waals surface area contributed by atoms with Crippen molar-refractivity contribution in [2.75, 3.05) is 36.6 Å². The highest BCUT2D eigenvalue weighted by atomic mass is 19.4. The fraction of sp³-hybridized carbons (Fsp3) is 0.286. The second-order valence-electron chi connectivity index (χ2n) is 7.09. The first-order chi connectivity index (χ1) is 15.3. The summed E-state index contributed by atoms with van der Waals surface area (Å²) in [6.07, 6.45) is -5.11. The lowest BCUT2D eigenvalue weighted by molar-refractivity contribution is -0.274. The van der Waals surface area contributed by atoms with Gasteiger partial charge in [-0.05, 0) is 23.8 Å². The van der Waals surface area contributed by atoms with Crippen LogP contribution in [0.15, 0.2) is 53.3 Å². The van der Waals surface area contributed by atoms with Gasteiger partial charge in [-0.1, -0.05) is 30.3 Å². The van der Waals surface area contributed by atoms with Crippen LogP contribution in [0.4, 0.5) is 19.0 Å². The number of carbonyl (C=O) groups excluding carboxylic acids is 1. The van der Waals surface area contributed by atoms with E-state index in [2.05, 4.69) is 15.3 Å². The van der Waals surface area contributed by atoms with E-state index in [0.29, 0.717) is 42.9 Å². The molecule has 1 aromatic heterocycles. The molecule has 1 amide bonds. The molecule has 1 saturated heterocycles. The predicted octanol–water partition coefficient (Wildman–Crippen LogP) is 2.44. The smallest absolute Gasteiger partial charge is 0.406 e. The molecular weight excluding hydrogens is 429 g/mol. The molecule has 0 spiro atoms. The second-order valence-corrected chi connectivity index (χ2v) is 7.09. The number of carbonyl (C=O) groups is 1. The molecule has 0 bridgehead atoms. The number of morpholine rings is 1. The Kier molecular flexibility index (Phi) is 5.99. The summed E-state index contributed by atoms with van der Waals surface area (Å²) in [5.41, 5.74) is 2.20. The monoisotopic (exact) mass is 448 g/mol. The molecule has 0 atom stereocenters. The number of anilines is 1. The van der Waals surface area contributed by atoms with Gasteiger partial charge in [-0.25, -0.2) is 5.43 Å². The number of hydrogen-bond acceptors (Lipinski definition) is 6. The molecule has 168 valence electrons. The van der Waals surface area contributed by atoms with Crippen LogP contribution in [0, 0.1) is 0 Å². The van der Waals surface area contributed by atoms with E-state index in [1.165, 1.54) is 12.1 Å². The first-order valence-corrected chi connectivity index (χ1v) is 9.79. The molecule has 4 rings (SSSR count). The van der Waals surface area contributed by atoms with Crippen molar-refractivity contribution in [3.05, 3.63) is 64.4 Å². The molecule has 2 aromatic carbocycles. The summed E-state index contributed by atoms with van der Waals surface area (Å²) in [5.74, 6) is -0.519. The zero-order chi connectivity index (χ0) is 22.7. The minimum Gasteiger partial charge on any atom is -0.406 e. The minimum absolute atomic E-state index is 0.275. The molecule has 1 fully saturated rings. The molecule has 0 radical (unpaired) electrons. The lowest BCUT2D eigenvalue weighted by atomic mass is 10.1. The highest BCUT2D eigenvalue weighted by Crippen LogP contribution is 2.24. The SMILES string of the molecule is O=C(Cc1cccc(OC(F)(F)F)c1)Nn1nc(N2CCOCC2)c2ccccc2c1=O. The molecule has 1 aliphatic heterocycles. The maximum atomic E-state index is 12.9. The lowest BCUT2D eigenvalue weighted by Crippen LogP contribution is -2.41. The number of nitrogens with zero attached hydrogens (tertiary/aromatic N) is 3. The topological polar surface area (TPSA) is 85.7 Å². The number of ether oxygens (including phenoxy) is 2. The number of aromatic nitrogens is 2. The molecule has 0 aliphatic carbocycles. The summed E-state index contributed by atoms with van der Waals surface area (Å²) in [5, 5.41) is 5.37. The number of hydrogen-bond donors (Lipinski definition) is 1. The van der Waals surface area contributed by atoms with E-state index in [0.717, 1.165) is 16.9 Å². The fourth-order valence-corrected chi connectivity index (χ4v) is 3.45. The average molecular weight is 448 g/mol. The largest absolute Gasteiger partial charge is 0.573 e. The third-order valence-electron chi connectivity index (χ3n) is 4.82. The molecule has 2 heterocycles. The van der Waals surface area contributed by atoms with E-state index in [4.69, 9.17) is 4.74 Å². The van der Waals surface area contributed by atoms with Gasteiger partial charge in [-0.2, -0.15) is 0 Å². The number of halogens is 3. The van der Waals surface area contributed by atoms with Crippen LogP contribution < -0.4 is 20.6 Å². The third kappa shape index (κ3) is 4.99. The van der Waals surface area contributed by atoms with Crippen LogP contribution in [0.5, 0.6) is 5.75 Å². The van der Waals surface area contributed by atoms with Crippen molar-refractivity contribution in [3.63, 3.8) is 0 Å². The fourth-order valence-electron chi connectivity index (χ4n) is 3.45. The third-order valence-corrected chi connectivity index (χ3v) is 4.82. The highest BCUT2D eigenvalue weighted by molar-refractivity contribution is 5.92. The quantitative estimate of drug-likeness (QED) is 0.646. The first kappa shape index (κ1) is 21.6. The normalized spacial score (nSPS) is 14.4. The maximum Gasteiger partial charge on any atom is 0.573 e. The first-order valence-electron chi connectivity index (χ1n) is 9.79. The van der Waals surface area contributed by atoms with Crippen LogP contribution in [0.2, 0.25) is 0 Å². The van der Waals surface area contributed by atoms with E-state index >= 15 is 0 Å². The van der Waals surface area contributed by atoms with Gasteiger partial charge in [0.15, 0.2) is 5.82 Å². The molecule has 8 nitrogen and oxygen atoms in total. The number of rotatable bonds is 5. The molecule has 11 heteroatoms. The maximum absolute atomic E-state index is 12.9. The average Bonchev–Trinajstić information content (AvgIpc) is 2.75. The van der Waals surface area contributed by atoms with Crippen LogP contribution in [-0.4, -0.2) is 48.5 Å². The van der Waals surface area contributed by atoms with E-state index in [1.807, 2.05) is 4.90 Å². The predicted molar refractivity (Wildman–Crippen MR) is 110 cm³/mol. The lowest BCUT2D eigenvalue weighted by Gasteiger charge is -2.29. The Morgan fingerprint density at radius 2 is 1.81 bits per heavy atom. The summed E-state index contributed by atoms with van der Waals surface area (Å²) < 4.78 is 46.5. The molecule has 3 aromatic rings. The molecule has 0 saturated carbocycles. The number of amides is 1. The summed E-state index contributed by atoms with van der Waals surface area (Å²) in [6, 6.07) is 12.0. The van der Waals surface area contributed by atoms with Gasteiger partial charge >= 0.3 is 6.36 Å². The zero-order valence-corrected chi connectivity index (χ0v) is 16.8. The molecule has 1 aliphatic rings. The zero-order valence-electron chi connectivity index (χ0n) is 16.8. The van der Waals surface area contributed by atoms with Gasteiger partial charge in [-0.15, -0.1) is 23.1 Å². The van der Waals surface area contributed by atoms with E-state index in [9.17, 15) is 22.8 Å². The highest BCUT2D eigenvalue weighted by Gasteiger charge is 2.31. The van der Waals surface area contributed by atoms with Crippen LogP contribution in [-0.2, 0) is 16.0 Å². The van der Waals surface area contributed by atoms with E-state index in [-0.39, 0.29) is 12.0 Å². The van der Waals surface area contributed by atoms with Crippen molar-refractivity contribution in [2.24, 2.45) is 0 Å².